The molecule has 2 N–H and O–H groups in total. The van der Waals surface area contributed by atoms with Crippen molar-refractivity contribution in [3.05, 3.63) is 59.7 Å². The molecule has 2 aromatic carbocycles. The van der Waals surface area contributed by atoms with Crippen LogP contribution in [0.25, 0.3) is 11.1 Å². The summed E-state index contributed by atoms with van der Waals surface area (Å²) in [6.07, 6.45) is 0.0125. The lowest BCUT2D eigenvalue weighted by Gasteiger charge is -2.06. The Hall–Kier alpha value is -2.62. The van der Waals surface area contributed by atoms with Gasteiger partial charge in [0.2, 0.25) is 0 Å². The highest BCUT2D eigenvalue weighted by molar-refractivity contribution is 5.95. The molecule has 0 aliphatic heterocycles. The van der Waals surface area contributed by atoms with Crippen LogP contribution in [0.1, 0.15) is 15.9 Å². The fourth-order valence-electron chi connectivity index (χ4n) is 1.97. The summed E-state index contributed by atoms with van der Waals surface area (Å²) in [5.41, 5.74) is 3.22. The zero-order valence-corrected chi connectivity index (χ0v) is 11.1. The van der Waals surface area contributed by atoms with Gasteiger partial charge in [-0.05, 0) is 28.8 Å². The molecule has 0 aliphatic carbocycles. The van der Waals surface area contributed by atoms with Gasteiger partial charge in [-0.1, -0.05) is 36.4 Å². The van der Waals surface area contributed by atoms with E-state index in [1.54, 1.807) is 25.2 Å². The predicted octanol–water partition coefficient (Wildman–Crippen LogP) is 2.34. The van der Waals surface area contributed by atoms with E-state index in [9.17, 15) is 9.59 Å². The Morgan fingerprint density at radius 2 is 1.75 bits per heavy atom. The fourth-order valence-corrected chi connectivity index (χ4v) is 1.97. The van der Waals surface area contributed by atoms with Crippen molar-refractivity contribution in [1.82, 2.24) is 5.32 Å². The number of hydrogen-bond acceptors (Lipinski definition) is 2. The molecule has 0 fully saturated rings. The summed E-state index contributed by atoms with van der Waals surface area (Å²) in [5, 5.41) is 11.3. The molecule has 4 heteroatoms. The Bertz CT molecular complexity index is 632. The van der Waals surface area contributed by atoms with Crippen LogP contribution in [0.5, 0.6) is 0 Å². The number of carboxylic acids is 1. The summed E-state index contributed by atoms with van der Waals surface area (Å²) in [5.74, 6) is -0.978. The molecule has 0 saturated heterocycles. The monoisotopic (exact) mass is 269 g/mol. The number of benzene rings is 2. The highest BCUT2D eigenvalue weighted by Gasteiger charge is 2.06. The second-order valence-corrected chi connectivity index (χ2v) is 4.43. The second-order valence-electron chi connectivity index (χ2n) is 4.43. The van der Waals surface area contributed by atoms with E-state index >= 15 is 0 Å². The van der Waals surface area contributed by atoms with Crippen LogP contribution < -0.4 is 5.32 Å². The van der Waals surface area contributed by atoms with Gasteiger partial charge in [0, 0.05) is 12.6 Å². The topological polar surface area (TPSA) is 66.4 Å². The molecule has 102 valence electrons. The summed E-state index contributed by atoms with van der Waals surface area (Å²) in [4.78, 5) is 22.2. The number of carboxylic acid groups (broad SMARTS) is 1. The van der Waals surface area contributed by atoms with E-state index in [0.717, 1.165) is 16.7 Å². The van der Waals surface area contributed by atoms with E-state index in [-0.39, 0.29) is 12.3 Å². The first-order chi connectivity index (χ1) is 9.60. The summed E-state index contributed by atoms with van der Waals surface area (Å²) in [6, 6.07) is 14.6. The first kappa shape index (κ1) is 13.8. The maximum atomic E-state index is 11.6. The lowest BCUT2D eigenvalue weighted by atomic mass is 10.0. The molecule has 0 bridgehead atoms. The van der Waals surface area contributed by atoms with Crippen molar-refractivity contribution in [2.75, 3.05) is 7.05 Å². The highest BCUT2D eigenvalue weighted by atomic mass is 16.4. The van der Waals surface area contributed by atoms with E-state index in [1.807, 2.05) is 30.3 Å². The molecular weight excluding hydrogens is 254 g/mol. The number of nitrogens with one attached hydrogen (secondary N) is 1. The molecule has 0 saturated carbocycles. The predicted molar refractivity (Wildman–Crippen MR) is 76.6 cm³/mol. The number of hydrogen-bond donors (Lipinski definition) is 2. The lowest BCUT2D eigenvalue weighted by Crippen LogP contribution is -2.17. The molecule has 4 nitrogen and oxygen atoms in total. The van der Waals surface area contributed by atoms with E-state index in [0.29, 0.717) is 5.56 Å². The molecule has 20 heavy (non-hydrogen) atoms. The van der Waals surface area contributed by atoms with Gasteiger partial charge in [-0.2, -0.15) is 0 Å². The molecule has 0 spiro atoms. The van der Waals surface area contributed by atoms with Gasteiger partial charge in [0.25, 0.3) is 5.91 Å². The van der Waals surface area contributed by atoms with Crippen LogP contribution in [0.15, 0.2) is 48.5 Å². The van der Waals surface area contributed by atoms with Gasteiger partial charge in [0.15, 0.2) is 0 Å². The average molecular weight is 269 g/mol. The van der Waals surface area contributed by atoms with Crippen molar-refractivity contribution in [3.8, 4) is 11.1 Å². The van der Waals surface area contributed by atoms with Gasteiger partial charge < -0.3 is 10.4 Å². The van der Waals surface area contributed by atoms with Crippen molar-refractivity contribution in [3.63, 3.8) is 0 Å². The Labute approximate surface area is 117 Å². The van der Waals surface area contributed by atoms with Crippen molar-refractivity contribution in [2.24, 2.45) is 0 Å². The quantitative estimate of drug-likeness (QED) is 0.895. The maximum Gasteiger partial charge on any atom is 0.307 e. The molecule has 0 unspecified atom stereocenters. The molecule has 1 amide bonds. The van der Waals surface area contributed by atoms with Crippen LogP contribution in [-0.4, -0.2) is 24.0 Å². The van der Waals surface area contributed by atoms with Gasteiger partial charge >= 0.3 is 5.97 Å². The highest BCUT2D eigenvalue weighted by Crippen LogP contribution is 2.21. The third kappa shape index (κ3) is 3.23. The molecule has 2 rings (SSSR count). The van der Waals surface area contributed by atoms with Crippen molar-refractivity contribution < 1.29 is 14.7 Å². The molecule has 0 radical (unpaired) electrons. The van der Waals surface area contributed by atoms with Crippen LogP contribution in [0.2, 0.25) is 0 Å². The smallest absolute Gasteiger partial charge is 0.307 e. The molecule has 2 aromatic rings. The number of rotatable bonds is 4. The van der Waals surface area contributed by atoms with E-state index in [4.69, 9.17) is 5.11 Å². The van der Waals surface area contributed by atoms with Gasteiger partial charge in [-0.15, -0.1) is 0 Å². The van der Waals surface area contributed by atoms with Crippen LogP contribution in [0.4, 0.5) is 0 Å². The van der Waals surface area contributed by atoms with Crippen LogP contribution in [0.3, 0.4) is 0 Å². The fraction of sp³-hybridized carbons (Fsp3) is 0.125. The summed E-state index contributed by atoms with van der Waals surface area (Å²) in [6.45, 7) is 0. The van der Waals surface area contributed by atoms with E-state index in [2.05, 4.69) is 5.32 Å². The van der Waals surface area contributed by atoms with Crippen LogP contribution >= 0.6 is 0 Å². The number of aliphatic carboxylic acids is 1. The summed E-state index contributed by atoms with van der Waals surface area (Å²) < 4.78 is 0. The number of carbonyl (C=O) groups excluding carboxylic acids is 1. The zero-order valence-electron chi connectivity index (χ0n) is 11.1. The van der Waals surface area contributed by atoms with Gasteiger partial charge in [0.1, 0.15) is 0 Å². The van der Waals surface area contributed by atoms with Crippen molar-refractivity contribution in [1.29, 1.82) is 0 Å². The molecule has 0 aromatic heterocycles. The first-order valence-corrected chi connectivity index (χ1v) is 6.23. The minimum absolute atomic E-state index is 0.0125. The first-order valence-electron chi connectivity index (χ1n) is 6.23. The second kappa shape index (κ2) is 6.02. The molecule has 0 heterocycles. The summed E-state index contributed by atoms with van der Waals surface area (Å²) in [7, 11) is 1.59. The average Bonchev–Trinajstić information content (AvgIpc) is 2.47. The largest absolute Gasteiger partial charge is 0.481 e. The van der Waals surface area contributed by atoms with Crippen molar-refractivity contribution >= 4 is 11.9 Å². The normalized spacial score (nSPS) is 10.1. The van der Waals surface area contributed by atoms with Crippen LogP contribution in [-0.2, 0) is 11.2 Å². The Kier molecular flexibility index (Phi) is 4.15. The van der Waals surface area contributed by atoms with Crippen LogP contribution in [0, 0.1) is 0 Å². The Morgan fingerprint density at radius 3 is 2.35 bits per heavy atom. The Balaban J connectivity index is 2.27. The van der Waals surface area contributed by atoms with Gasteiger partial charge in [-0.25, -0.2) is 0 Å². The third-order valence-corrected chi connectivity index (χ3v) is 2.99. The standard InChI is InChI=1S/C16H15NO3/c1-17-16(20)14-4-2-3-13(10-14)12-7-5-11(6-8-12)9-15(18)19/h2-8,10H,9H2,1H3,(H,17,20)(H,18,19). The third-order valence-electron chi connectivity index (χ3n) is 2.99. The maximum absolute atomic E-state index is 11.6. The van der Waals surface area contributed by atoms with Gasteiger partial charge in [-0.3, -0.25) is 9.59 Å². The van der Waals surface area contributed by atoms with E-state index < -0.39 is 5.97 Å². The SMILES string of the molecule is CNC(=O)c1cccc(-c2ccc(CC(=O)O)cc2)c1. The van der Waals surface area contributed by atoms with Crippen molar-refractivity contribution in [2.45, 2.75) is 6.42 Å². The summed E-state index contributed by atoms with van der Waals surface area (Å²) >= 11 is 0. The number of amides is 1. The molecular formula is C16H15NO3. The molecule has 0 atom stereocenters. The zero-order chi connectivity index (χ0) is 14.5. The Morgan fingerprint density at radius 1 is 1.05 bits per heavy atom. The minimum Gasteiger partial charge on any atom is -0.481 e. The minimum atomic E-state index is -0.848. The van der Waals surface area contributed by atoms with E-state index in [1.165, 1.54) is 0 Å². The molecule has 0 aliphatic rings. The van der Waals surface area contributed by atoms with Gasteiger partial charge in [0.05, 0.1) is 6.42 Å². The number of carbonyl (C=O) groups is 2. The lowest BCUT2D eigenvalue weighted by molar-refractivity contribution is -0.136.